The SMILES string of the molecule is C[Si](C)(C)Oc1nc(O[Si](C)(C)C)c(O[Si](C)(C)C)c(O[Si](C)(C)C)n1. The number of nitrogens with zero attached hydrogens (tertiary/aromatic N) is 2. The molecule has 0 aromatic carbocycles. The number of aromatic nitrogens is 2. The van der Waals surface area contributed by atoms with Crippen LogP contribution >= 0.6 is 0 Å². The monoisotopic (exact) mass is 432 g/mol. The summed E-state index contributed by atoms with van der Waals surface area (Å²) in [5.74, 6) is 1.42. The average molecular weight is 433 g/mol. The molecule has 6 nitrogen and oxygen atoms in total. The molecular weight excluding hydrogens is 397 g/mol. The van der Waals surface area contributed by atoms with E-state index in [9.17, 15) is 0 Å². The molecule has 0 N–H and O–H groups in total. The van der Waals surface area contributed by atoms with Gasteiger partial charge in [-0.1, -0.05) is 0 Å². The zero-order valence-corrected chi connectivity index (χ0v) is 22.5. The van der Waals surface area contributed by atoms with Crippen molar-refractivity contribution in [1.82, 2.24) is 9.97 Å². The van der Waals surface area contributed by atoms with E-state index in [-0.39, 0.29) is 0 Å². The van der Waals surface area contributed by atoms with Crippen LogP contribution in [0.1, 0.15) is 0 Å². The van der Waals surface area contributed by atoms with Gasteiger partial charge in [-0.05, 0) is 78.6 Å². The van der Waals surface area contributed by atoms with Crippen molar-refractivity contribution in [2.75, 3.05) is 0 Å². The van der Waals surface area contributed by atoms with Crippen LogP contribution in [-0.2, 0) is 0 Å². The second-order valence-corrected chi connectivity index (χ2v) is 28.0. The van der Waals surface area contributed by atoms with Gasteiger partial charge in [0.2, 0.25) is 39.0 Å². The third kappa shape index (κ3) is 9.19. The third-order valence-corrected chi connectivity index (χ3v) is 5.62. The topological polar surface area (TPSA) is 62.7 Å². The standard InChI is InChI=1S/C16H36N2O4Si4/c1-23(2,3)19-13-14(20-24(4,5)6)17-16(22-26(10,11)12)18-15(13)21-25(7,8)9/h1-12H3. The molecule has 150 valence electrons. The lowest BCUT2D eigenvalue weighted by Gasteiger charge is -2.29. The fourth-order valence-electron chi connectivity index (χ4n) is 1.82. The minimum atomic E-state index is -1.92. The fourth-order valence-corrected chi connectivity index (χ4v) is 4.69. The van der Waals surface area contributed by atoms with Crippen molar-refractivity contribution in [1.29, 1.82) is 0 Å². The Bertz CT molecular complexity index is 592. The Morgan fingerprint density at radius 1 is 0.462 bits per heavy atom. The van der Waals surface area contributed by atoms with Crippen LogP contribution in [0.4, 0.5) is 0 Å². The summed E-state index contributed by atoms with van der Waals surface area (Å²) in [7, 11) is -7.61. The van der Waals surface area contributed by atoms with Gasteiger partial charge in [0.05, 0.1) is 0 Å². The van der Waals surface area contributed by atoms with Crippen LogP contribution in [0.2, 0.25) is 78.6 Å². The summed E-state index contributed by atoms with van der Waals surface area (Å²) in [5, 5.41) is 0. The van der Waals surface area contributed by atoms with Crippen LogP contribution < -0.4 is 17.7 Å². The van der Waals surface area contributed by atoms with Crippen molar-refractivity contribution in [2.45, 2.75) is 78.6 Å². The first-order chi connectivity index (χ1) is 11.3. The maximum atomic E-state index is 6.30. The van der Waals surface area contributed by atoms with Crippen LogP contribution in [0, 0.1) is 0 Å². The van der Waals surface area contributed by atoms with Gasteiger partial charge in [-0.3, -0.25) is 0 Å². The maximum Gasteiger partial charge on any atom is 0.309 e. The van der Waals surface area contributed by atoms with Crippen LogP contribution in [0.3, 0.4) is 0 Å². The zero-order chi connectivity index (χ0) is 20.6. The lowest BCUT2D eigenvalue weighted by Crippen LogP contribution is -2.36. The molecule has 26 heavy (non-hydrogen) atoms. The molecule has 0 radical (unpaired) electrons. The molecule has 0 aliphatic heterocycles. The average Bonchev–Trinajstić information content (AvgIpc) is 2.25. The summed E-state index contributed by atoms with van der Waals surface area (Å²) in [6.07, 6.45) is 0. The van der Waals surface area contributed by atoms with E-state index in [1.165, 1.54) is 0 Å². The number of rotatable bonds is 8. The summed E-state index contributed by atoms with van der Waals surface area (Å²) in [6.45, 7) is 25.4. The molecule has 1 heterocycles. The van der Waals surface area contributed by atoms with Crippen LogP contribution in [-0.4, -0.2) is 43.2 Å². The van der Waals surface area contributed by atoms with Gasteiger partial charge < -0.3 is 17.7 Å². The van der Waals surface area contributed by atoms with Crippen molar-refractivity contribution in [3.8, 4) is 23.5 Å². The molecule has 1 rings (SSSR count). The van der Waals surface area contributed by atoms with Gasteiger partial charge in [0.25, 0.3) is 11.8 Å². The normalized spacial score (nSPS) is 13.4. The highest BCUT2D eigenvalue weighted by Gasteiger charge is 2.32. The first-order valence-electron chi connectivity index (χ1n) is 9.03. The van der Waals surface area contributed by atoms with E-state index in [0.29, 0.717) is 23.5 Å². The second kappa shape index (κ2) is 7.64. The van der Waals surface area contributed by atoms with E-state index in [4.69, 9.17) is 17.7 Å². The molecule has 0 saturated heterocycles. The molecular formula is C16H36N2O4Si4. The Hall–Kier alpha value is -0.852. The molecule has 0 amide bonds. The predicted octanol–water partition coefficient (Wildman–Crippen LogP) is 5.33. The molecule has 1 aromatic heterocycles. The fraction of sp³-hybridized carbons (Fsp3) is 0.750. The Morgan fingerprint density at radius 2 is 0.769 bits per heavy atom. The van der Waals surface area contributed by atoms with Crippen molar-refractivity contribution in [3.05, 3.63) is 0 Å². The van der Waals surface area contributed by atoms with E-state index in [1.807, 2.05) is 0 Å². The Balaban J connectivity index is 3.57. The number of hydrogen-bond donors (Lipinski definition) is 0. The van der Waals surface area contributed by atoms with E-state index in [0.717, 1.165) is 0 Å². The molecule has 0 fully saturated rings. The minimum absolute atomic E-state index is 0.314. The van der Waals surface area contributed by atoms with Crippen LogP contribution in [0.5, 0.6) is 23.5 Å². The van der Waals surface area contributed by atoms with Crippen molar-refractivity contribution in [2.24, 2.45) is 0 Å². The van der Waals surface area contributed by atoms with Gasteiger partial charge in [0.1, 0.15) is 0 Å². The maximum absolute atomic E-state index is 6.30. The summed E-state index contributed by atoms with van der Waals surface area (Å²) < 4.78 is 24.8. The molecule has 0 unspecified atom stereocenters. The summed E-state index contributed by atoms with van der Waals surface area (Å²) in [5.41, 5.74) is 0. The van der Waals surface area contributed by atoms with E-state index >= 15 is 0 Å². The van der Waals surface area contributed by atoms with Gasteiger partial charge in [-0.25, -0.2) is 0 Å². The quantitative estimate of drug-likeness (QED) is 0.517. The lowest BCUT2D eigenvalue weighted by molar-refractivity contribution is 0.406. The Morgan fingerprint density at radius 3 is 1.04 bits per heavy atom. The van der Waals surface area contributed by atoms with Crippen molar-refractivity contribution in [3.63, 3.8) is 0 Å². The van der Waals surface area contributed by atoms with E-state index < -0.39 is 33.3 Å². The molecule has 10 heteroatoms. The minimum Gasteiger partial charge on any atom is -0.537 e. The van der Waals surface area contributed by atoms with Crippen LogP contribution in [0.15, 0.2) is 0 Å². The molecule has 0 aliphatic carbocycles. The molecule has 0 bridgehead atoms. The Labute approximate surface area is 163 Å². The third-order valence-electron chi connectivity index (χ3n) is 2.39. The smallest absolute Gasteiger partial charge is 0.309 e. The highest BCUT2D eigenvalue weighted by atomic mass is 28.4. The highest BCUT2D eigenvalue weighted by molar-refractivity contribution is 6.72. The summed E-state index contributed by atoms with van der Waals surface area (Å²) in [6, 6.07) is 0.314. The van der Waals surface area contributed by atoms with Gasteiger partial charge >= 0.3 is 6.01 Å². The lowest BCUT2D eigenvalue weighted by atomic mass is 10.5. The van der Waals surface area contributed by atoms with Gasteiger partial charge in [0, 0.05) is 0 Å². The Kier molecular flexibility index (Phi) is 6.82. The van der Waals surface area contributed by atoms with E-state index in [2.05, 4.69) is 88.5 Å². The van der Waals surface area contributed by atoms with Gasteiger partial charge in [0.15, 0.2) is 0 Å². The second-order valence-electron chi connectivity index (χ2n) is 10.3. The van der Waals surface area contributed by atoms with Gasteiger partial charge in [-0.15, -0.1) is 0 Å². The van der Waals surface area contributed by atoms with E-state index in [1.54, 1.807) is 0 Å². The van der Waals surface area contributed by atoms with Crippen LogP contribution in [0.25, 0.3) is 0 Å². The highest BCUT2D eigenvalue weighted by Crippen LogP contribution is 2.40. The zero-order valence-electron chi connectivity index (χ0n) is 18.5. The molecule has 0 atom stereocenters. The molecule has 0 saturated carbocycles. The van der Waals surface area contributed by atoms with Crippen molar-refractivity contribution >= 4 is 33.3 Å². The van der Waals surface area contributed by atoms with Gasteiger partial charge in [-0.2, -0.15) is 9.97 Å². The summed E-state index contributed by atoms with van der Waals surface area (Å²) in [4.78, 5) is 9.13. The van der Waals surface area contributed by atoms with Crippen molar-refractivity contribution < 1.29 is 17.7 Å². The summed E-state index contributed by atoms with van der Waals surface area (Å²) >= 11 is 0. The molecule has 1 aromatic rings. The number of hydrogen-bond acceptors (Lipinski definition) is 6. The first kappa shape index (κ1) is 23.2. The molecule has 0 aliphatic rings. The predicted molar refractivity (Wildman–Crippen MR) is 118 cm³/mol. The largest absolute Gasteiger partial charge is 0.537 e. The first-order valence-corrected chi connectivity index (χ1v) is 22.7. The molecule has 0 spiro atoms.